The van der Waals surface area contributed by atoms with Gasteiger partial charge in [0.05, 0.1) is 5.56 Å². The normalized spacial score (nSPS) is 11.8. The Labute approximate surface area is 219 Å². The molecule has 0 aliphatic heterocycles. The highest BCUT2D eigenvalue weighted by atomic mass is 19.4. The molecule has 1 heterocycles. The molecule has 1 N–H and O–H groups in total. The van der Waals surface area contributed by atoms with E-state index in [1.807, 2.05) is 0 Å². The minimum Gasteiger partial charge on any atom is -0.339 e. The first-order valence-corrected chi connectivity index (χ1v) is 13.7. The van der Waals surface area contributed by atoms with Crippen LogP contribution in [-0.4, -0.2) is 10.1 Å². The summed E-state index contributed by atoms with van der Waals surface area (Å²) in [6.07, 6.45) is 9.85. The van der Waals surface area contributed by atoms with E-state index in [9.17, 15) is 13.2 Å². The van der Waals surface area contributed by atoms with Crippen LogP contribution in [0.3, 0.4) is 0 Å². The summed E-state index contributed by atoms with van der Waals surface area (Å²) in [5, 5.41) is 7.42. The molecule has 7 heteroatoms. The van der Waals surface area contributed by atoms with Gasteiger partial charge in [-0.05, 0) is 41.7 Å². The lowest BCUT2D eigenvalue weighted by Crippen LogP contribution is -2.13. The van der Waals surface area contributed by atoms with Crippen molar-refractivity contribution in [1.82, 2.24) is 15.5 Å². The second-order valence-electron chi connectivity index (χ2n) is 9.80. The van der Waals surface area contributed by atoms with Gasteiger partial charge in [-0.15, -0.1) is 0 Å². The van der Waals surface area contributed by atoms with Crippen molar-refractivity contribution in [3.05, 3.63) is 82.5 Å². The first kappa shape index (κ1) is 28.9. The fourth-order valence-corrected chi connectivity index (χ4v) is 4.32. The predicted octanol–water partition coefficient (Wildman–Crippen LogP) is 8.24. The van der Waals surface area contributed by atoms with E-state index in [-0.39, 0.29) is 0 Å². The van der Waals surface area contributed by atoms with E-state index in [4.69, 9.17) is 4.52 Å². The van der Waals surface area contributed by atoms with Gasteiger partial charge in [0.25, 0.3) is 0 Å². The third-order valence-corrected chi connectivity index (χ3v) is 6.60. The van der Waals surface area contributed by atoms with Gasteiger partial charge in [0.2, 0.25) is 5.89 Å². The van der Waals surface area contributed by atoms with Crippen LogP contribution in [0.25, 0.3) is 0 Å². The lowest BCUT2D eigenvalue weighted by molar-refractivity contribution is -0.137. The van der Waals surface area contributed by atoms with Gasteiger partial charge >= 0.3 is 6.18 Å². The minimum atomic E-state index is -4.30. The topological polar surface area (TPSA) is 51.0 Å². The molecule has 0 saturated carbocycles. The third-order valence-electron chi connectivity index (χ3n) is 6.60. The number of rotatable bonds is 17. The lowest BCUT2D eigenvalue weighted by Gasteiger charge is -2.09. The molecule has 0 aliphatic rings. The minimum absolute atomic E-state index is 0.512. The Morgan fingerprint density at radius 2 is 1.22 bits per heavy atom. The molecule has 3 aromatic rings. The number of hydrogen-bond acceptors (Lipinski definition) is 4. The van der Waals surface area contributed by atoms with Crippen LogP contribution in [0.4, 0.5) is 13.2 Å². The zero-order chi connectivity index (χ0) is 26.3. The lowest BCUT2D eigenvalue weighted by atomic mass is 10.1. The predicted molar refractivity (Wildman–Crippen MR) is 141 cm³/mol. The number of nitrogens with zero attached hydrogens (tertiary/aromatic N) is 2. The van der Waals surface area contributed by atoms with Gasteiger partial charge < -0.3 is 9.84 Å². The Hall–Kier alpha value is -2.67. The molecule has 0 aliphatic carbocycles. The number of aromatic nitrogens is 2. The van der Waals surface area contributed by atoms with E-state index < -0.39 is 11.7 Å². The highest BCUT2D eigenvalue weighted by Gasteiger charge is 2.29. The van der Waals surface area contributed by atoms with Gasteiger partial charge in [-0.25, -0.2) is 0 Å². The van der Waals surface area contributed by atoms with Gasteiger partial charge in [0, 0.05) is 25.9 Å². The summed E-state index contributed by atoms with van der Waals surface area (Å²) in [6, 6.07) is 13.6. The summed E-state index contributed by atoms with van der Waals surface area (Å²) < 4.78 is 43.4. The maximum Gasteiger partial charge on any atom is 0.416 e. The Kier molecular flexibility index (Phi) is 12.1. The fraction of sp³-hybridized carbons (Fsp3) is 0.533. The highest BCUT2D eigenvalue weighted by Crippen LogP contribution is 2.29. The van der Waals surface area contributed by atoms with Crippen molar-refractivity contribution in [3.8, 4) is 0 Å². The molecule has 0 fully saturated rings. The van der Waals surface area contributed by atoms with Crippen LogP contribution in [0.1, 0.15) is 98.7 Å². The number of nitrogens with one attached hydrogen (secondary N) is 1. The van der Waals surface area contributed by atoms with Crippen LogP contribution in [-0.2, 0) is 38.5 Å². The molecule has 4 nitrogen and oxygen atoms in total. The first-order chi connectivity index (χ1) is 17.9. The van der Waals surface area contributed by atoms with E-state index in [2.05, 4.69) is 46.6 Å². The van der Waals surface area contributed by atoms with E-state index in [0.29, 0.717) is 19.0 Å². The molecule has 3 rings (SSSR count). The molecule has 0 unspecified atom stereocenters. The van der Waals surface area contributed by atoms with Crippen molar-refractivity contribution in [2.24, 2.45) is 0 Å². The van der Waals surface area contributed by atoms with Crippen molar-refractivity contribution in [1.29, 1.82) is 0 Å². The summed E-state index contributed by atoms with van der Waals surface area (Å²) in [7, 11) is 0. The van der Waals surface area contributed by atoms with Crippen LogP contribution >= 0.6 is 0 Å². The molecule has 0 bridgehead atoms. The smallest absolute Gasteiger partial charge is 0.339 e. The largest absolute Gasteiger partial charge is 0.416 e. The first-order valence-electron chi connectivity index (χ1n) is 13.7. The van der Waals surface area contributed by atoms with Gasteiger partial charge in [-0.3, -0.25) is 0 Å². The summed E-state index contributed by atoms with van der Waals surface area (Å²) in [4.78, 5) is 4.55. The monoisotopic (exact) mass is 515 g/mol. The van der Waals surface area contributed by atoms with Crippen LogP contribution < -0.4 is 5.32 Å². The van der Waals surface area contributed by atoms with Gasteiger partial charge in [0.1, 0.15) is 0 Å². The second kappa shape index (κ2) is 15.6. The van der Waals surface area contributed by atoms with Gasteiger partial charge in [0.15, 0.2) is 5.82 Å². The van der Waals surface area contributed by atoms with E-state index in [1.54, 1.807) is 0 Å². The molecule has 0 radical (unpaired) electrons. The Morgan fingerprint density at radius 3 is 1.81 bits per heavy atom. The highest BCUT2D eigenvalue weighted by molar-refractivity contribution is 5.25. The van der Waals surface area contributed by atoms with E-state index in [1.165, 1.54) is 69.1 Å². The standard InChI is InChI=1S/C30H40F3N3O/c1-2-3-4-5-6-7-8-9-10-11-28-35-29(37-36-28)21-18-24-12-14-25(15-13-24)22-34-23-26-16-19-27(20-17-26)30(31,32)33/h12-17,19-20,34H,2-11,18,21-23H2,1H3. The molecule has 37 heavy (non-hydrogen) atoms. The molecule has 1 aromatic heterocycles. The molecule has 0 atom stereocenters. The summed E-state index contributed by atoms with van der Waals surface area (Å²) in [6.45, 7) is 3.41. The molecule has 0 amide bonds. The van der Waals surface area contributed by atoms with Crippen molar-refractivity contribution >= 4 is 0 Å². The number of aryl methyl sites for hydroxylation is 3. The molecular formula is C30H40F3N3O. The fourth-order valence-electron chi connectivity index (χ4n) is 4.32. The molecule has 0 spiro atoms. The van der Waals surface area contributed by atoms with Crippen LogP contribution in [0, 0.1) is 0 Å². The molecule has 2 aromatic carbocycles. The van der Waals surface area contributed by atoms with Crippen LogP contribution in [0.15, 0.2) is 53.1 Å². The maximum absolute atomic E-state index is 12.7. The van der Waals surface area contributed by atoms with Crippen molar-refractivity contribution < 1.29 is 17.7 Å². The van der Waals surface area contributed by atoms with Crippen molar-refractivity contribution in [2.45, 2.75) is 103 Å². The maximum atomic E-state index is 12.7. The Morgan fingerprint density at radius 1 is 0.676 bits per heavy atom. The molecule has 0 saturated heterocycles. The number of hydrogen-bond donors (Lipinski definition) is 1. The summed E-state index contributed by atoms with van der Waals surface area (Å²) in [5.74, 6) is 1.50. The van der Waals surface area contributed by atoms with E-state index >= 15 is 0 Å². The summed E-state index contributed by atoms with van der Waals surface area (Å²) in [5.41, 5.74) is 2.52. The van der Waals surface area contributed by atoms with Crippen LogP contribution in [0.2, 0.25) is 0 Å². The van der Waals surface area contributed by atoms with Gasteiger partial charge in [-0.2, -0.15) is 18.2 Å². The van der Waals surface area contributed by atoms with Gasteiger partial charge in [-0.1, -0.05) is 99.8 Å². The number of alkyl halides is 3. The number of unbranched alkanes of at least 4 members (excludes halogenated alkanes) is 8. The second-order valence-corrected chi connectivity index (χ2v) is 9.80. The Bertz CT molecular complexity index is 1010. The third kappa shape index (κ3) is 11.1. The number of halogens is 3. The SMILES string of the molecule is CCCCCCCCCCCc1noc(CCc2ccc(CNCc3ccc(C(F)(F)F)cc3)cc2)n1. The zero-order valence-electron chi connectivity index (χ0n) is 22.0. The van der Waals surface area contributed by atoms with Crippen LogP contribution in [0.5, 0.6) is 0 Å². The summed E-state index contributed by atoms with van der Waals surface area (Å²) >= 11 is 0. The van der Waals surface area contributed by atoms with E-state index in [0.717, 1.165) is 54.8 Å². The molecule has 202 valence electrons. The average molecular weight is 516 g/mol. The zero-order valence-corrected chi connectivity index (χ0v) is 22.0. The van der Waals surface area contributed by atoms with Crippen molar-refractivity contribution in [2.75, 3.05) is 0 Å². The molecular weight excluding hydrogens is 475 g/mol. The Balaban J connectivity index is 1.29. The number of benzene rings is 2. The quantitative estimate of drug-likeness (QED) is 0.184. The average Bonchev–Trinajstić information content (AvgIpc) is 3.35. The van der Waals surface area contributed by atoms with Crippen molar-refractivity contribution in [3.63, 3.8) is 0 Å².